The van der Waals surface area contributed by atoms with Crippen LogP contribution in [0.4, 0.5) is 0 Å². The third kappa shape index (κ3) is 5.05. The van der Waals surface area contributed by atoms with Crippen LogP contribution >= 0.6 is 23.7 Å². The topological polar surface area (TPSA) is 92.5 Å². The quantitative estimate of drug-likeness (QED) is 0.753. The molecular weight excluding hydrogens is 394 g/mol. The summed E-state index contributed by atoms with van der Waals surface area (Å²) in [5.41, 5.74) is 6.30. The van der Waals surface area contributed by atoms with Gasteiger partial charge in [-0.2, -0.15) is 0 Å². The molecule has 1 aliphatic heterocycles. The van der Waals surface area contributed by atoms with Crippen LogP contribution in [0.3, 0.4) is 0 Å². The Kier molecular flexibility index (Phi) is 7.19. The van der Waals surface area contributed by atoms with Gasteiger partial charge in [-0.25, -0.2) is 13.1 Å². The summed E-state index contributed by atoms with van der Waals surface area (Å²) in [7, 11) is -3.57. The number of nitrogens with one attached hydrogen (secondary N) is 1. The normalized spacial score (nSPS) is 17.1. The molecule has 1 amide bonds. The summed E-state index contributed by atoms with van der Waals surface area (Å²) in [6, 6.07) is 9.99. The molecule has 6 nitrogen and oxygen atoms in total. The number of rotatable bonds is 6. The van der Waals surface area contributed by atoms with Crippen LogP contribution in [0.5, 0.6) is 0 Å². The van der Waals surface area contributed by atoms with Crippen LogP contribution in [-0.2, 0) is 16.4 Å². The van der Waals surface area contributed by atoms with Gasteiger partial charge < -0.3 is 10.6 Å². The van der Waals surface area contributed by atoms with E-state index in [4.69, 9.17) is 5.73 Å². The van der Waals surface area contributed by atoms with E-state index in [0.717, 1.165) is 11.3 Å². The molecular formula is C17H22ClN3O3S2. The van der Waals surface area contributed by atoms with Crippen LogP contribution in [0.2, 0.25) is 0 Å². The summed E-state index contributed by atoms with van der Waals surface area (Å²) in [5, 5.41) is 1.97. The SMILES string of the molecule is Cl.N[C@@H]1CCN(C(=O)c2ccc(S(=O)(=O)NCCc3cccs3)cc2)C1. The number of nitrogens with two attached hydrogens (primary N) is 1. The Morgan fingerprint density at radius 1 is 1.27 bits per heavy atom. The molecule has 3 N–H and O–H groups in total. The van der Waals surface area contributed by atoms with Crippen LogP contribution in [0, 0.1) is 0 Å². The number of carbonyl (C=O) groups is 1. The number of carbonyl (C=O) groups excluding carboxylic acids is 1. The molecule has 0 aliphatic carbocycles. The molecule has 1 aliphatic rings. The van der Waals surface area contributed by atoms with Crippen molar-refractivity contribution in [2.75, 3.05) is 19.6 Å². The maximum atomic E-state index is 12.4. The minimum atomic E-state index is -3.57. The van der Waals surface area contributed by atoms with Gasteiger partial charge in [-0.15, -0.1) is 23.7 Å². The second-order valence-corrected chi connectivity index (χ2v) is 8.85. The van der Waals surface area contributed by atoms with E-state index in [1.54, 1.807) is 28.4 Å². The number of halogens is 1. The summed E-state index contributed by atoms with van der Waals surface area (Å²) in [6.45, 7) is 1.53. The van der Waals surface area contributed by atoms with E-state index in [1.165, 1.54) is 12.1 Å². The monoisotopic (exact) mass is 415 g/mol. The Labute approximate surface area is 163 Å². The van der Waals surface area contributed by atoms with E-state index in [1.807, 2.05) is 17.5 Å². The second-order valence-electron chi connectivity index (χ2n) is 6.05. The average Bonchev–Trinajstić information content (AvgIpc) is 3.26. The predicted octanol–water partition coefficient (Wildman–Crippen LogP) is 1.86. The molecule has 2 heterocycles. The smallest absolute Gasteiger partial charge is 0.253 e. The highest BCUT2D eigenvalue weighted by atomic mass is 35.5. The van der Waals surface area contributed by atoms with Gasteiger partial charge in [-0.3, -0.25) is 4.79 Å². The second kappa shape index (κ2) is 8.96. The third-order valence-corrected chi connectivity index (χ3v) is 6.58. The fourth-order valence-electron chi connectivity index (χ4n) is 2.78. The van der Waals surface area contributed by atoms with E-state index in [9.17, 15) is 13.2 Å². The molecule has 26 heavy (non-hydrogen) atoms. The first kappa shape index (κ1) is 20.9. The Hall–Kier alpha value is -1.45. The number of likely N-dealkylation sites (tertiary alicyclic amines) is 1. The Balaban J connectivity index is 0.00000243. The lowest BCUT2D eigenvalue weighted by atomic mass is 10.2. The summed E-state index contributed by atoms with van der Waals surface area (Å²) in [4.78, 5) is 15.4. The minimum Gasteiger partial charge on any atom is -0.337 e. The molecule has 142 valence electrons. The molecule has 9 heteroatoms. The average molecular weight is 416 g/mol. The summed E-state index contributed by atoms with van der Waals surface area (Å²) in [5.74, 6) is -0.109. The van der Waals surface area contributed by atoms with Crippen molar-refractivity contribution in [3.05, 3.63) is 52.2 Å². The fourth-order valence-corrected chi connectivity index (χ4v) is 4.52. The fraction of sp³-hybridized carbons (Fsp3) is 0.353. The lowest BCUT2D eigenvalue weighted by Gasteiger charge is -2.16. The van der Waals surface area contributed by atoms with Crippen molar-refractivity contribution in [1.29, 1.82) is 0 Å². The maximum absolute atomic E-state index is 12.4. The number of sulfonamides is 1. The number of hydrogen-bond donors (Lipinski definition) is 2. The van der Waals surface area contributed by atoms with E-state index < -0.39 is 10.0 Å². The zero-order valence-corrected chi connectivity index (χ0v) is 16.6. The molecule has 1 fully saturated rings. The van der Waals surface area contributed by atoms with Gasteiger partial charge in [0.15, 0.2) is 0 Å². The van der Waals surface area contributed by atoms with Gasteiger partial charge >= 0.3 is 0 Å². The summed E-state index contributed by atoms with van der Waals surface area (Å²) < 4.78 is 27.2. The van der Waals surface area contributed by atoms with Crippen molar-refractivity contribution in [2.45, 2.75) is 23.8 Å². The van der Waals surface area contributed by atoms with Gasteiger partial charge in [0.1, 0.15) is 0 Å². The van der Waals surface area contributed by atoms with Gasteiger partial charge in [-0.1, -0.05) is 6.07 Å². The first-order chi connectivity index (χ1) is 12.0. The van der Waals surface area contributed by atoms with E-state index in [-0.39, 0.29) is 29.3 Å². The summed E-state index contributed by atoms with van der Waals surface area (Å²) in [6.07, 6.45) is 1.45. The molecule has 0 saturated carbocycles. The maximum Gasteiger partial charge on any atom is 0.253 e. The van der Waals surface area contributed by atoms with Gasteiger partial charge in [-0.05, 0) is 48.6 Å². The van der Waals surface area contributed by atoms with Crippen molar-refractivity contribution in [1.82, 2.24) is 9.62 Å². The van der Waals surface area contributed by atoms with Crippen molar-refractivity contribution < 1.29 is 13.2 Å². The Morgan fingerprint density at radius 3 is 2.58 bits per heavy atom. The standard InChI is InChI=1S/C17H21N3O3S2.ClH/c18-14-8-10-20(12-14)17(21)13-3-5-16(6-4-13)25(22,23)19-9-7-15-2-1-11-24-15;/h1-6,11,14,19H,7-10,12,18H2;1H/t14-;/m1./s1. The zero-order chi connectivity index (χ0) is 17.9. The zero-order valence-electron chi connectivity index (χ0n) is 14.1. The molecule has 2 aromatic rings. The molecule has 1 aromatic carbocycles. The first-order valence-corrected chi connectivity index (χ1v) is 10.5. The van der Waals surface area contributed by atoms with Gasteiger partial charge in [0.25, 0.3) is 5.91 Å². The van der Waals surface area contributed by atoms with Gasteiger partial charge in [0, 0.05) is 36.1 Å². The molecule has 1 atom stereocenters. The minimum absolute atomic E-state index is 0. The molecule has 0 spiro atoms. The van der Waals surface area contributed by atoms with Crippen LogP contribution in [-0.4, -0.2) is 44.9 Å². The molecule has 1 aromatic heterocycles. The third-order valence-electron chi connectivity index (χ3n) is 4.17. The van der Waals surface area contributed by atoms with Gasteiger partial charge in [0.2, 0.25) is 10.0 Å². The number of amides is 1. The van der Waals surface area contributed by atoms with Crippen molar-refractivity contribution >= 4 is 39.7 Å². The van der Waals surface area contributed by atoms with Crippen LogP contribution in [0.1, 0.15) is 21.7 Å². The lowest BCUT2D eigenvalue weighted by molar-refractivity contribution is 0.0791. The van der Waals surface area contributed by atoms with Crippen LogP contribution < -0.4 is 10.5 Å². The lowest BCUT2D eigenvalue weighted by Crippen LogP contribution is -2.32. The number of benzene rings is 1. The number of nitrogens with zero attached hydrogens (tertiary/aromatic N) is 1. The number of thiophene rings is 1. The largest absolute Gasteiger partial charge is 0.337 e. The van der Waals surface area contributed by atoms with Crippen molar-refractivity contribution in [2.24, 2.45) is 5.73 Å². The van der Waals surface area contributed by atoms with Crippen LogP contribution in [0.15, 0.2) is 46.7 Å². The Morgan fingerprint density at radius 2 is 2.00 bits per heavy atom. The van der Waals surface area contributed by atoms with E-state index in [0.29, 0.717) is 31.6 Å². The van der Waals surface area contributed by atoms with Crippen molar-refractivity contribution in [3.8, 4) is 0 Å². The molecule has 0 radical (unpaired) electrons. The Bertz CT molecular complexity index is 823. The number of hydrogen-bond acceptors (Lipinski definition) is 5. The van der Waals surface area contributed by atoms with E-state index >= 15 is 0 Å². The highest BCUT2D eigenvalue weighted by molar-refractivity contribution is 7.89. The summed E-state index contributed by atoms with van der Waals surface area (Å²) >= 11 is 1.60. The molecule has 0 bridgehead atoms. The van der Waals surface area contributed by atoms with Gasteiger partial charge in [0.05, 0.1) is 4.90 Å². The molecule has 0 unspecified atom stereocenters. The highest BCUT2D eigenvalue weighted by Gasteiger charge is 2.24. The van der Waals surface area contributed by atoms with Crippen molar-refractivity contribution in [3.63, 3.8) is 0 Å². The molecule has 3 rings (SSSR count). The van der Waals surface area contributed by atoms with Crippen LogP contribution in [0.25, 0.3) is 0 Å². The molecule has 1 saturated heterocycles. The first-order valence-electron chi connectivity index (χ1n) is 8.13. The highest BCUT2D eigenvalue weighted by Crippen LogP contribution is 2.16. The van der Waals surface area contributed by atoms with E-state index in [2.05, 4.69) is 4.72 Å². The predicted molar refractivity (Wildman–Crippen MR) is 105 cm³/mol.